The first-order chi connectivity index (χ1) is 15.5. The van der Waals surface area contributed by atoms with E-state index in [-0.39, 0.29) is 24.8 Å². The molecule has 1 saturated heterocycles. The van der Waals surface area contributed by atoms with Crippen molar-refractivity contribution in [3.8, 4) is 0 Å². The zero-order chi connectivity index (χ0) is 22.9. The number of hydrogen-bond acceptors (Lipinski definition) is 5. The van der Waals surface area contributed by atoms with Gasteiger partial charge in [-0.2, -0.15) is 0 Å². The van der Waals surface area contributed by atoms with Crippen LogP contribution in [0.5, 0.6) is 0 Å². The maximum Gasteiger partial charge on any atom is 0.319 e. The third-order valence-electron chi connectivity index (χ3n) is 5.35. The van der Waals surface area contributed by atoms with E-state index in [2.05, 4.69) is 22.1 Å². The Morgan fingerprint density at radius 3 is 2.47 bits per heavy atom. The second-order valence-electron chi connectivity index (χ2n) is 7.97. The molecule has 3 rings (SSSR count). The highest BCUT2D eigenvalue weighted by Crippen LogP contribution is 2.38. The number of likely N-dealkylation sites (N-methyl/N-ethyl adjacent to an activating group) is 1. The molecule has 0 aliphatic carbocycles. The first-order valence-corrected chi connectivity index (χ1v) is 11.0. The Morgan fingerprint density at radius 2 is 1.84 bits per heavy atom. The van der Waals surface area contributed by atoms with Crippen LogP contribution >= 0.6 is 0 Å². The van der Waals surface area contributed by atoms with Crippen LogP contribution in [0.25, 0.3) is 0 Å². The van der Waals surface area contributed by atoms with Crippen LogP contribution in [-0.4, -0.2) is 48.8 Å². The molecule has 172 valence electrons. The van der Waals surface area contributed by atoms with Gasteiger partial charge in [-0.3, -0.25) is 0 Å². The predicted molar refractivity (Wildman–Crippen MR) is 125 cm³/mol. The summed E-state index contributed by atoms with van der Waals surface area (Å²) in [7, 11) is 2.04. The summed E-state index contributed by atoms with van der Waals surface area (Å²) in [6.07, 6.45) is 1.94. The molecule has 7 heteroatoms. The maximum absolute atomic E-state index is 11.7. The Hall–Kier alpha value is -2.71. The summed E-state index contributed by atoms with van der Waals surface area (Å²) in [5.41, 5.74) is 3.52. The summed E-state index contributed by atoms with van der Waals surface area (Å²) in [6.45, 7) is 7.81. The number of anilines is 1. The van der Waals surface area contributed by atoms with E-state index in [1.165, 1.54) is 0 Å². The van der Waals surface area contributed by atoms with Crippen molar-refractivity contribution in [2.24, 2.45) is 0 Å². The van der Waals surface area contributed by atoms with Crippen LogP contribution in [0.4, 0.5) is 10.5 Å². The van der Waals surface area contributed by atoms with Crippen LogP contribution in [0.15, 0.2) is 61.2 Å². The van der Waals surface area contributed by atoms with Gasteiger partial charge >= 0.3 is 6.03 Å². The zero-order valence-corrected chi connectivity index (χ0v) is 18.8. The van der Waals surface area contributed by atoms with E-state index in [1.54, 1.807) is 0 Å². The highest BCUT2D eigenvalue weighted by atomic mass is 16.7. The van der Waals surface area contributed by atoms with Gasteiger partial charge in [-0.15, -0.1) is 6.58 Å². The Kier molecular flexibility index (Phi) is 8.81. The summed E-state index contributed by atoms with van der Waals surface area (Å²) in [5, 5.41) is 14.8. The van der Waals surface area contributed by atoms with Crippen LogP contribution in [0, 0.1) is 0 Å². The van der Waals surface area contributed by atoms with Crippen molar-refractivity contribution >= 4 is 11.7 Å². The standard InChI is InChI=1S/C25H33N3O4/c1-4-14-28(3)16-22-15-23(19-8-6-18(17-29)7-9-19)32-24(31-22)20-10-12-21(13-11-20)27-25(30)26-5-2/h4,6-13,22-24,29H,1,5,14-17H2,2-3H3,(H2,26,27,30). The van der Waals surface area contributed by atoms with Gasteiger partial charge in [0.15, 0.2) is 6.29 Å². The summed E-state index contributed by atoms with van der Waals surface area (Å²) < 4.78 is 12.6. The second kappa shape index (κ2) is 11.8. The molecule has 1 aliphatic rings. The molecule has 1 fully saturated rings. The highest BCUT2D eigenvalue weighted by molar-refractivity contribution is 5.89. The van der Waals surface area contributed by atoms with Crippen LogP contribution in [0.1, 0.15) is 42.4 Å². The number of aliphatic hydroxyl groups is 1. The third-order valence-corrected chi connectivity index (χ3v) is 5.35. The Balaban J connectivity index is 1.76. The van der Waals surface area contributed by atoms with E-state index < -0.39 is 6.29 Å². The minimum absolute atomic E-state index is 0.0170. The highest BCUT2D eigenvalue weighted by Gasteiger charge is 2.32. The lowest BCUT2D eigenvalue weighted by Crippen LogP contribution is -2.37. The molecule has 7 nitrogen and oxygen atoms in total. The quantitative estimate of drug-likeness (QED) is 0.515. The van der Waals surface area contributed by atoms with Crippen molar-refractivity contribution in [2.75, 3.05) is 32.0 Å². The number of carbonyl (C=O) groups excluding carboxylic acids is 1. The number of benzene rings is 2. The average molecular weight is 440 g/mol. The van der Waals surface area contributed by atoms with E-state index in [0.29, 0.717) is 12.2 Å². The van der Waals surface area contributed by atoms with Crippen LogP contribution in [-0.2, 0) is 16.1 Å². The molecule has 0 bridgehead atoms. The minimum atomic E-state index is -0.521. The van der Waals surface area contributed by atoms with Crippen molar-refractivity contribution in [1.82, 2.24) is 10.2 Å². The van der Waals surface area contributed by atoms with Gasteiger partial charge in [-0.05, 0) is 37.2 Å². The molecule has 32 heavy (non-hydrogen) atoms. The number of aliphatic hydroxyl groups excluding tert-OH is 1. The molecular weight excluding hydrogens is 406 g/mol. The van der Waals surface area contributed by atoms with E-state index in [1.807, 2.05) is 68.6 Å². The van der Waals surface area contributed by atoms with Crippen molar-refractivity contribution in [3.63, 3.8) is 0 Å². The fourth-order valence-corrected chi connectivity index (χ4v) is 3.73. The van der Waals surface area contributed by atoms with Gasteiger partial charge in [0, 0.05) is 37.3 Å². The lowest BCUT2D eigenvalue weighted by atomic mass is 9.99. The van der Waals surface area contributed by atoms with Crippen molar-refractivity contribution in [2.45, 2.75) is 38.4 Å². The lowest BCUT2D eigenvalue weighted by Gasteiger charge is -2.37. The van der Waals surface area contributed by atoms with E-state index in [4.69, 9.17) is 9.47 Å². The van der Waals surface area contributed by atoms with Crippen LogP contribution in [0.3, 0.4) is 0 Å². The summed E-state index contributed by atoms with van der Waals surface area (Å²) in [5.74, 6) is 0. The first-order valence-electron chi connectivity index (χ1n) is 11.0. The Labute approximate surface area is 190 Å². The van der Waals surface area contributed by atoms with E-state index in [0.717, 1.165) is 36.2 Å². The fourth-order valence-electron chi connectivity index (χ4n) is 3.73. The number of carbonyl (C=O) groups is 1. The van der Waals surface area contributed by atoms with E-state index >= 15 is 0 Å². The lowest BCUT2D eigenvalue weighted by molar-refractivity contribution is -0.252. The molecule has 0 aromatic heterocycles. The number of hydrogen-bond donors (Lipinski definition) is 3. The monoisotopic (exact) mass is 439 g/mol. The van der Waals surface area contributed by atoms with Crippen LogP contribution < -0.4 is 10.6 Å². The molecule has 1 heterocycles. The first kappa shape index (κ1) is 23.9. The van der Waals surface area contributed by atoms with Crippen molar-refractivity contribution in [3.05, 3.63) is 77.9 Å². The van der Waals surface area contributed by atoms with Gasteiger partial charge in [0.1, 0.15) is 0 Å². The van der Waals surface area contributed by atoms with Gasteiger partial charge in [0.2, 0.25) is 0 Å². The second-order valence-corrected chi connectivity index (χ2v) is 7.97. The van der Waals surface area contributed by atoms with Crippen LogP contribution in [0.2, 0.25) is 0 Å². The zero-order valence-electron chi connectivity index (χ0n) is 18.8. The Bertz CT molecular complexity index is 870. The molecule has 3 N–H and O–H groups in total. The molecule has 2 aromatic carbocycles. The van der Waals surface area contributed by atoms with Gasteiger partial charge in [0.05, 0.1) is 18.8 Å². The van der Waals surface area contributed by atoms with Crippen molar-refractivity contribution < 1.29 is 19.4 Å². The molecule has 3 atom stereocenters. The summed E-state index contributed by atoms with van der Waals surface area (Å²) in [6, 6.07) is 15.1. The topological polar surface area (TPSA) is 83.1 Å². The molecule has 3 unspecified atom stereocenters. The average Bonchev–Trinajstić information content (AvgIpc) is 2.79. The number of nitrogens with zero attached hydrogens (tertiary/aromatic N) is 1. The number of rotatable bonds is 9. The normalized spacial score (nSPS) is 20.7. The van der Waals surface area contributed by atoms with Gasteiger partial charge in [0.25, 0.3) is 0 Å². The molecule has 2 aromatic rings. The minimum Gasteiger partial charge on any atom is -0.392 e. The summed E-state index contributed by atoms with van der Waals surface area (Å²) >= 11 is 0. The van der Waals surface area contributed by atoms with Gasteiger partial charge < -0.3 is 30.1 Å². The number of amides is 2. The number of ether oxygens (including phenoxy) is 2. The molecule has 0 saturated carbocycles. The fraction of sp³-hybridized carbons (Fsp3) is 0.400. The SMILES string of the molecule is C=CCN(C)CC1CC(c2ccc(CO)cc2)OC(c2ccc(NC(=O)NCC)cc2)O1. The third kappa shape index (κ3) is 6.64. The molecule has 0 radical (unpaired) electrons. The molecule has 1 aliphatic heterocycles. The van der Waals surface area contributed by atoms with Gasteiger partial charge in [-0.1, -0.05) is 42.5 Å². The smallest absolute Gasteiger partial charge is 0.319 e. The molecule has 2 amide bonds. The maximum atomic E-state index is 11.7. The molecular formula is C25H33N3O4. The Morgan fingerprint density at radius 1 is 1.16 bits per heavy atom. The number of nitrogens with one attached hydrogen (secondary N) is 2. The summed E-state index contributed by atoms with van der Waals surface area (Å²) in [4.78, 5) is 13.9. The number of urea groups is 1. The predicted octanol–water partition coefficient (Wildman–Crippen LogP) is 3.98. The van der Waals surface area contributed by atoms with E-state index in [9.17, 15) is 9.90 Å². The molecule has 0 spiro atoms. The largest absolute Gasteiger partial charge is 0.392 e. The van der Waals surface area contributed by atoms with Crippen molar-refractivity contribution in [1.29, 1.82) is 0 Å². The van der Waals surface area contributed by atoms with Gasteiger partial charge in [-0.25, -0.2) is 4.79 Å².